The second kappa shape index (κ2) is 7.19. The van der Waals surface area contributed by atoms with Crippen LogP contribution in [0.15, 0.2) is 22.7 Å². The van der Waals surface area contributed by atoms with Gasteiger partial charge in [0.05, 0.1) is 11.6 Å². The highest BCUT2D eigenvalue weighted by molar-refractivity contribution is 9.10. The zero-order chi connectivity index (χ0) is 17.3. The van der Waals surface area contributed by atoms with Crippen LogP contribution in [-0.4, -0.2) is 60.4 Å². The monoisotopic (exact) mass is 397 g/mol. The minimum atomic E-state index is -0.521. The van der Waals surface area contributed by atoms with Gasteiger partial charge in [0.15, 0.2) is 0 Å². The van der Waals surface area contributed by atoms with Crippen LogP contribution in [0.25, 0.3) is 0 Å². The molecule has 1 N–H and O–H groups in total. The lowest BCUT2D eigenvalue weighted by Gasteiger charge is -2.35. The van der Waals surface area contributed by atoms with Crippen molar-refractivity contribution in [2.75, 3.05) is 26.7 Å². The van der Waals surface area contributed by atoms with E-state index in [1.807, 2.05) is 7.05 Å². The van der Waals surface area contributed by atoms with E-state index in [0.717, 1.165) is 38.9 Å². The summed E-state index contributed by atoms with van der Waals surface area (Å²) in [7, 11) is 1.84. The number of benzene rings is 1. The number of carbonyl (C=O) groups excluding carboxylic acids is 2. The Morgan fingerprint density at radius 3 is 2.58 bits per heavy atom. The molecule has 0 saturated carbocycles. The smallest absolute Gasteiger partial charge is 0.254 e. The zero-order valence-corrected chi connectivity index (χ0v) is 15.2. The van der Waals surface area contributed by atoms with E-state index in [-0.39, 0.29) is 29.5 Å². The number of nitrogens with zero attached hydrogens (tertiary/aromatic N) is 2. The van der Waals surface area contributed by atoms with Crippen LogP contribution in [0.1, 0.15) is 29.6 Å². The van der Waals surface area contributed by atoms with Crippen molar-refractivity contribution in [1.82, 2.24) is 15.1 Å². The molecule has 3 rings (SSSR count). The van der Waals surface area contributed by atoms with Gasteiger partial charge in [-0.05, 0) is 37.5 Å². The van der Waals surface area contributed by atoms with Crippen molar-refractivity contribution in [2.45, 2.75) is 31.3 Å². The predicted octanol–water partition coefficient (Wildman–Crippen LogP) is 2.01. The second-order valence-corrected chi connectivity index (χ2v) is 7.39. The van der Waals surface area contributed by atoms with E-state index in [1.165, 1.54) is 12.1 Å². The first-order chi connectivity index (χ1) is 11.5. The van der Waals surface area contributed by atoms with Crippen LogP contribution in [-0.2, 0) is 4.79 Å². The fourth-order valence-corrected chi connectivity index (χ4v) is 3.79. The number of hydrogen-bond acceptors (Lipinski definition) is 3. The van der Waals surface area contributed by atoms with Crippen LogP contribution in [0, 0.1) is 5.82 Å². The Morgan fingerprint density at radius 1 is 1.25 bits per heavy atom. The molecule has 7 heteroatoms. The van der Waals surface area contributed by atoms with Crippen molar-refractivity contribution in [3.8, 4) is 0 Å². The average Bonchev–Trinajstić information content (AvgIpc) is 2.90. The highest BCUT2D eigenvalue weighted by atomic mass is 79.9. The fraction of sp³-hybridized carbons (Fsp3) is 0.529. The van der Waals surface area contributed by atoms with Gasteiger partial charge in [-0.25, -0.2) is 4.39 Å². The Morgan fingerprint density at radius 2 is 1.96 bits per heavy atom. The number of amides is 2. The van der Waals surface area contributed by atoms with Crippen molar-refractivity contribution in [2.24, 2.45) is 0 Å². The number of carbonyl (C=O) groups is 2. The number of piperidine rings is 1. The van der Waals surface area contributed by atoms with E-state index in [9.17, 15) is 14.0 Å². The summed E-state index contributed by atoms with van der Waals surface area (Å²) in [6.45, 7) is 2.36. The molecule has 0 bridgehead atoms. The molecular formula is C17H21BrFN3O2. The molecule has 1 unspecified atom stereocenters. The van der Waals surface area contributed by atoms with E-state index in [4.69, 9.17) is 0 Å². The van der Waals surface area contributed by atoms with E-state index >= 15 is 0 Å². The van der Waals surface area contributed by atoms with E-state index in [1.54, 1.807) is 11.0 Å². The molecule has 0 aromatic heterocycles. The maximum absolute atomic E-state index is 13.8. The minimum absolute atomic E-state index is 0.0152. The van der Waals surface area contributed by atoms with E-state index < -0.39 is 5.82 Å². The van der Waals surface area contributed by atoms with Crippen LogP contribution in [0.2, 0.25) is 0 Å². The number of likely N-dealkylation sites (N-methyl/N-ethyl adjacent to an activating group) is 1. The van der Waals surface area contributed by atoms with Gasteiger partial charge in [0.25, 0.3) is 5.91 Å². The van der Waals surface area contributed by atoms with Gasteiger partial charge in [0, 0.05) is 37.2 Å². The second-order valence-electron chi connectivity index (χ2n) is 6.47. The van der Waals surface area contributed by atoms with Crippen LogP contribution in [0.3, 0.4) is 0 Å². The Hall–Kier alpha value is -1.47. The summed E-state index contributed by atoms with van der Waals surface area (Å²) in [5, 5.41) is 2.91. The summed E-state index contributed by atoms with van der Waals surface area (Å²) < 4.78 is 14.5. The molecular weight excluding hydrogens is 377 g/mol. The number of halogens is 2. The normalized spacial score (nSPS) is 22.9. The lowest BCUT2D eigenvalue weighted by Crippen LogP contribution is -2.50. The van der Waals surface area contributed by atoms with E-state index in [2.05, 4.69) is 26.1 Å². The van der Waals surface area contributed by atoms with Gasteiger partial charge < -0.3 is 10.2 Å². The molecule has 5 nitrogen and oxygen atoms in total. The molecule has 2 aliphatic heterocycles. The van der Waals surface area contributed by atoms with Crippen LogP contribution in [0.5, 0.6) is 0 Å². The molecule has 0 aliphatic carbocycles. The molecule has 2 fully saturated rings. The molecule has 1 aromatic rings. The van der Waals surface area contributed by atoms with Crippen molar-refractivity contribution < 1.29 is 14.0 Å². The molecule has 2 aliphatic rings. The van der Waals surface area contributed by atoms with Gasteiger partial charge >= 0.3 is 0 Å². The molecule has 0 radical (unpaired) electrons. The molecule has 2 saturated heterocycles. The predicted molar refractivity (Wildman–Crippen MR) is 92.2 cm³/mol. The van der Waals surface area contributed by atoms with Gasteiger partial charge in [-0.1, -0.05) is 15.9 Å². The summed E-state index contributed by atoms with van der Waals surface area (Å²) >= 11 is 3.26. The summed E-state index contributed by atoms with van der Waals surface area (Å²) in [4.78, 5) is 28.3. The molecule has 2 amide bonds. The van der Waals surface area contributed by atoms with Crippen molar-refractivity contribution in [1.29, 1.82) is 0 Å². The number of rotatable bonds is 3. The third kappa shape index (κ3) is 3.62. The van der Waals surface area contributed by atoms with Gasteiger partial charge in [0.2, 0.25) is 5.91 Å². The van der Waals surface area contributed by atoms with Gasteiger partial charge in [-0.2, -0.15) is 0 Å². The minimum Gasteiger partial charge on any atom is -0.349 e. The maximum Gasteiger partial charge on any atom is 0.254 e. The molecule has 130 valence electrons. The largest absolute Gasteiger partial charge is 0.349 e. The standard InChI is InChI=1S/C17H21BrFN3O2/c1-21-7-6-15(17(21)24)22-8-4-12(5-9-22)20-16(23)13-10-11(18)2-3-14(13)19/h2-3,10,12,15H,4-9H2,1H3,(H,20,23). The number of nitrogens with one attached hydrogen (secondary N) is 1. The Labute approximate surface area is 149 Å². The fourth-order valence-electron chi connectivity index (χ4n) is 3.43. The lowest BCUT2D eigenvalue weighted by atomic mass is 10.0. The van der Waals surface area contributed by atoms with Crippen LogP contribution < -0.4 is 5.32 Å². The average molecular weight is 398 g/mol. The SMILES string of the molecule is CN1CCC(N2CCC(NC(=O)c3cc(Br)ccc3F)CC2)C1=O. The molecule has 1 atom stereocenters. The summed E-state index contributed by atoms with van der Waals surface area (Å²) in [5.74, 6) is -0.717. The summed E-state index contributed by atoms with van der Waals surface area (Å²) in [6.07, 6.45) is 2.42. The zero-order valence-electron chi connectivity index (χ0n) is 13.6. The van der Waals surface area contributed by atoms with Gasteiger partial charge in [-0.15, -0.1) is 0 Å². The third-order valence-corrected chi connectivity index (χ3v) is 5.37. The van der Waals surface area contributed by atoms with Crippen LogP contribution in [0.4, 0.5) is 4.39 Å². The summed E-state index contributed by atoms with van der Waals surface area (Å²) in [5.41, 5.74) is 0.0550. The van der Waals surface area contributed by atoms with E-state index in [0.29, 0.717) is 4.47 Å². The quantitative estimate of drug-likeness (QED) is 0.848. The van der Waals surface area contributed by atoms with Crippen molar-refractivity contribution in [3.05, 3.63) is 34.1 Å². The van der Waals surface area contributed by atoms with Gasteiger partial charge in [0.1, 0.15) is 5.82 Å². The highest BCUT2D eigenvalue weighted by Crippen LogP contribution is 2.21. The third-order valence-electron chi connectivity index (χ3n) is 4.88. The molecule has 24 heavy (non-hydrogen) atoms. The molecule has 1 aromatic carbocycles. The number of hydrogen-bond donors (Lipinski definition) is 1. The first-order valence-corrected chi connectivity index (χ1v) is 9.00. The highest BCUT2D eigenvalue weighted by Gasteiger charge is 2.35. The Bertz CT molecular complexity index is 647. The molecule has 2 heterocycles. The van der Waals surface area contributed by atoms with Gasteiger partial charge in [-0.3, -0.25) is 14.5 Å². The van der Waals surface area contributed by atoms with Crippen LogP contribution >= 0.6 is 15.9 Å². The van der Waals surface area contributed by atoms with Crippen molar-refractivity contribution in [3.63, 3.8) is 0 Å². The Kier molecular flexibility index (Phi) is 5.20. The Balaban J connectivity index is 1.55. The lowest BCUT2D eigenvalue weighted by molar-refractivity contribution is -0.131. The van der Waals surface area contributed by atoms with Crippen molar-refractivity contribution >= 4 is 27.7 Å². The molecule has 0 spiro atoms. The maximum atomic E-state index is 13.8. The topological polar surface area (TPSA) is 52.6 Å². The summed E-state index contributed by atoms with van der Waals surface area (Å²) in [6, 6.07) is 4.34. The number of likely N-dealkylation sites (tertiary alicyclic amines) is 2. The first-order valence-electron chi connectivity index (χ1n) is 8.20. The first kappa shape index (κ1) is 17.4.